The Morgan fingerprint density at radius 1 is 1.46 bits per heavy atom. The molecule has 0 bridgehead atoms. The minimum absolute atomic E-state index is 0.511. The molecule has 0 aromatic heterocycles. The molecule has 0 amide bonds. The van der Waals surface area contributed by atoms with Gasteiger partial charge >= 0.3 is 0 Å². The average Bonchev–Trinajstić information content (AvgIpc) is 2.18. The van der Waals surface area contributed by atoms with E-state index in [2.05, 4.69) is 5.92 Å². The van der Waals surface area contributed by atoms with E-state index in [1.165, 1.54) is 0 Å². The Labute approximate surface area is 77.5 Å². The number of benzene rings is 1. The second kappa shape index (κ2) is 2.79. The zero-order chi connectivity index (χ0) is 9.31. The molecule has 0 radical (unpaired) electrons. The normalized spacial score (nSPS) is 25.5. The zero-order valence-corrected chi connectivity index (χ0v) is 7.41. The van der Waals surface area contributed by atoms with Crippen molar-refractivity contribution in [3.8, 4) is 18.1 Å². The fraction of sp³-hybridized carbons (Fsp3) is 0.273. The molecule has 2 rings (SSSR count). The highest BCUT2D eigenvalue weighted by Gasteiger charge is 2.29. The van der Waals surface area contributed by atoms with Gasteiger partial charge in [-0.1, -0.05) is 18.2 Å². The predicted octanol–water partition coefficient (Wildman–Crippen LogP) is 1.95. The van der Waals surface area contributed by atoms with Crippen molar-refractivity contribution >= 4 is 0 Å². The van der Waals surface area contributed by atoms with Gasteiger partial charge < -0.3 is 9.47 Å². The maximum atomic E-state index is 5.51. The standard InChI is InChI=1S/C11H10O2/c1-3-11(2)12-8-9-6-4-5-7-10(9)13-11/h1,4-7H,8H2,2H3. The molecule has 1 aliphatic rings. The molecule has 0 saturated heterocycles. The first-order chi connectivity index (χ1) is 6.23. The van der Waals surface area contributed by atoms with Crippen LogP contribution in [0.3, 0.4) is 0 Å². The van der Waals surface area contributed by atoms with Gasteiger partial charge in [-0.2, -0.15) is 0 Å². The number of ether oxygens (including phenoxy) is 2. The molecule has 1 aliphatic heterocycles. The van der Waals surface area contributed by atoms with Crippen molar-refractivity contribution in [2.24, 2.45) is 0 Å². The Morgan fingerprint density at radius 3 is 3.00 bits per heavy atom. The minimum Gasteiger partial charge on any atom is -0.451 e. The Bertz CT molecular complexity index is 365. The number of terminal acetylenes is 1. The Morgan fingerprint density at radius 2 is 2.23 bits per heavy atom. The number of fused-ring (bicyclic) bond motifs is 1. The van der Waals surface area contributed by atoms with E-state index >= 15 is 0 Å². The summed E-state index contributed by atoms with van der Waals surface area (Å²) in [5, 5.41) is 0. The fourth-order valence-corrected chi connectivity index (χ4v) is 1.25. The van der Waals surface area contributed by atoms with Gasteiger partial charge in [-0.15, -0.1) is 6.42 Å². The van der Waals surface area contributed by atoms with E-state index in [0.717, 1.165) is 11.3 Å². The summed E-state index contributed by atoms with van der Waals surface area (Å²) < 4.78 is 10.9. The first kappa shape index (κ1) is 8.15. The molecule has 66 valence electrons. The van der Waals surface area contributed by atoms with E-state index in [9.17, 15) is 0 Å². The third-order valence-electron chi connectivity index (χ3n) is 2.04. The molecule has 1 aromatic carbocycles. The molecule has 1 aromatic rings. The summed E-state index contributed by atoms with van der Waals surface area (Å²) in [4.78, 5) is 0. The first-order valence-electron chi connectivity index (χ1n) is 4.12. The summed E-state index contributed by atoms with van der Waals surface area (Å²) in [6, 6.07) is 7.73. The molecule has 0 spiro atoms. The van der Waals surface area contributed by atoms with Crippen LogP contribution in [0.15, 0.2) is 24.3 Å². The molecule has 0 N–H and O–H groups in total. The number of hydrogen-bond donors (Lipinski definition) is 0. The van der Waals surface area contributed by atoms with Gasteiger partial charge in [0, 0.05) is 12.5 Å². The molecule has 0 fully saturated rings. The molecular formula is C11H10O2. The Hall–Kier alpha value is -1.46. The summed E-state index contributed by atoms with van der Waals surface area (Å²) in [7, 11) is 0. The quantitative estimate of drug-likeness (QED) is 0.559. The molecule has 2 nitrogen and oxygen atoms in total. The van der Waals surface area contributed by atoms with Gasteiger partial charge in [0.2, 0.25) is 0 Å². The van der Waals surface area contributed by atoms with Crippen LogP contribution in [-0.4, -0.2) is 5.79 Å². The van der Waals surface area contributed by atoms with Crippen LogP contribution in [0, 0.1) is 12.3 Å². The van der Waals surface area contributed by atoms with Crippen LogP contribution >= 0.6 is 0 Å². The smallest absolute Gasteiger partial charge is 0.272 e. The van der Waals surface area contributed by atoms with Crippen LogP contribution < -0.4 is 4.74 Å². The molecule has 1 heterocycles. The lowest BCUT2D eigenvalue weighted by Crippen LogP contribution is -2.37. The van der Waals surface area contributed by atoms with Gasteiger partial charge in [-0.3, -0.25) is 0 Å². The van der Waals surface area contributed by atoms with Gasteiger partial charge in [-0.05, 0) is 12.0 Å². The van der Waals surface area contributed by atoms with Crippen molar-refractivity contribution in [2.45, 2.75) is 19.3 Å². The molecule has 1 atom stereocenters. The van der Waals surface area contributed by atoms with E-state index in [-0.39, 0.29) is 0 Å². The highest BCUT2D eigenvalue weighted by Crippen LogP contribution is 2.30. The summed E-state index contributed by atoms with van der Waals surface area (Å²) >= 11 is 0. The Kier molecular flexibility index (Phi) is 1.75. The molecule has 1 unspecified atom stereocenters. The lowest BCUT2D eigenvalue weighted by molar-refractivity contribution is -0.150. The van der Waals surface area contributed by atoms with Crippen LogP contribution in [0.25, 0.3) is 0 Å². The van der Waals surface area contributed by atoms with Crippen molar-refractivity contribution in [3.05, 3.63) is 29.8 Å². The van der Waals surface area contributed by atoms with Gasteiger partial charge in [0.25, 0.3) is 5.79 Å². The van der Waals surface area contributed by atoms with Crippen LogP contribution in [0.2, 0.25) is 0 Å². The van der Waals surface area contributed by atoms with Gasteiger partial charge in [0.05, 0.1) is 6.61 Å². The fourth-order valence-electron chi connectivity index (χ4n) is 1.25. The second-order valence-corrected chi connectivity index (χ2v) is 3.09. The number of para-hydroxylation sites is 1. The van der Waals surface area contributed by atoms with E-state index in [0.29, 0.717) is 6.61 Å². The monoisotopic (exact) mass is 174 g/mol. The molecular weight excluding hydrogens is 164 g/mol. The third-order valence-corrected chi connectivity index (χ3v) is 2.04. The highest BCUT2D eigenvalue weighted by atomic mass is 16.7. The van der Waals surface area contributed by atoms with E-state index in [1.54, 1.807) is 6.92 Å². The average molecular weight is 174 g/mol. The topological polar surface area (TPSA) is 18.5 Å². The largest absolute Gasteiger partial charge is 0.451 e. The minimum atomic E-state index is -0.908. The van der Waals surface area contributed by atoms with Crippen molar-refractivity contribution < 1.29 is 9.47 Å². The number of rotatable bonds is 0. The lowest BCUT2D eigenvalue weighted by Gasteiger charge is -2.31. The van der Waals surface area contributed by atoms with Crippen molar-refractivity contribution in [1.29, 1.82) is 0 Å². The van der Waals surface area contributed by atoms with Crippen LogP contribution in [0.4, 0.5) is 0 Å². The van der Waals surface area contributed by atoms with Crippen LogP contribution in [0.1, 0.15) is 12.5 Å². The second-order valence-electron chi connectivity index (χ2n) is 3.09. The van der Waals surface area contributed by atoms with E-state index < -0.39 is 5.79 Å². The predicted molar refractivity (Wildman–Crippen MR) is 49.1 cm³/mol. The highest BCUT2D eigenvalue weighted by molar-refractivity contribution is 5.35. The molecule has 0 aliphatic carbocycles. The van der Waals surface area contributed by atoms with E-state index in [4.69, 9.17) is 15.9 Å². The number of hydrogen-bond acceptors (Lipinski definition) is 2. The van der Waals surface area contributed by atoms with Crippen molar-refractivity contribution in [3.63, 3.8) is 0 Å². The molecule has 2 heteroatoms. The lowest BCUT2D eigenvalue weighted by atomic mass is 10.2. The van der Waals surface area contributed by atoms with Gasteiger partial charge in [0.1, 0.15) is 5.75 Å². The SMILES string of the molecule is C#CC1(C)OCc2ccccc2O1. The summed E-state index contributed by atoms with van der Waals surface area (Å²) in [5.74, 6) is 2.38. The third kappa shape index (κ3) is 1.39. The van der Waals surface area contributed by atoms with Crippen molar-refractivity contribution in [1.82, 2.24) is 0 Å². The summed E-state index contributed by atoms with van der Waals surface area (Å²) in [6.07, 6.45) is 5.29. The Balaban J connectivity index is 2.36. The summed E-state index contributed by atoms with van der Waals surface area (Å²) in [5.41, 5.74) is 1.04. The molecule has 0 saturated carbocycles. The van der Waals surface area contributed by atoms with Crippen LogP contribution in [-0.2, 0) is 11.3 Å². The van der Waals surface area contributed by atoms with Crippen molar-refractivity contribution in [2.75, 3.05) is 0 Å². The van der Waals surface area contributed by atoms with Crippen LogP contribution in [0.5, 0.6) is 5.75 Å². The maximum absolute atomic E-state index is 5.51. The first-order valence-corrected chi connectivity index (χ1v) is 4.12. The van der Waals surface area contributed by atoms with Gasteiger partial charge in [-0.25, -0.2) is 0 Å². The van der Waals surface area contributed by atoms with E-state index in [1.807, 2.05) is 24.3 Å². The summed E-state index contributed by atoms with van der Waals surface area (Å²) in [6.45, 7) is 2.25. The maximum Gasteiger partial charge on any atom is 0.272 e. The molecule has 13 heavy (non-hydrogen) atoms. The van der Waals surface area contributed by atoms with Gasteiger partial charge in [0.15, 0.2) is 0 Å². The zero-order valence-electron chi connectivity index (χ0n) is 7.41.